The largest absolute Gasteiger partial charge is 0.490 e. The first-order valence-corrected chi connectivity index (χ1v) is 14.7. The van der Waals surface area contributed by atoms with Crippen LogP contribution in [0.4, 0.5) is 33.6 Å². The average Bonchev–Trinajstić information content (AvgIpc) is 3.05. The fourth-order valence-corrected chi connectivity index (χ4v) is 4.93. The van der Waals surface area contributed by atoms with Gasteiger partial charge in [-0.3, -0.25) is 14.2 Å². The van der Waals surface area contributed by atoms with Crippen LogP contribution in [-0.4, -0.2) is 56.9 Å². The van der Waals surface area contributed by atoms with Gasteiger partial charge < -0.3 is 20.5 Å². The number of fused-ring (bicyclic) bond motifs is 1. The highest BCUT2D eigenvalue weighted by atomic mass is 19.4. The van der Waals surface area contributed by atoms with E-state index in [0.717, 1.165) is 35.4 Å². The monoisotopic (exact) mass is 681 g/mol. The zero-order valence-electron chi connectivity index (χ0n) is 26.2. The third-order valence-corrected chi connectivity index (χ3v) is 7.63. The number of aliphatic hydroxyl groups is 1. The molecular weight excluding hydrogens is 653 g/mol. The van der Waals surface area contributed by atoms with E-state index in [-0.39, 0.29) is 16.7 Å². The first-order valence-electron chi connectivity index (χ1n) is 14.7. The second kappa shape index (κ2) is 13.8. The highest BCUT2D eigenvalue weighted by Gasteiger charge is 2.41. The summed E-state index contributed by atoms with van der Waals surface area (Å²) < 4.78 is 73.3. The molecule has 0 saturated carbocycles. The number of ether oxygens (including phenoxy) is 1. The summed E-state index contributed by atoms with van der Waals surface area (Å²) in [6.07, 6.45) is -5.29. The standard InChI is InChI=1S/C34H28F5N5O5/c1-17-7-9-20(13-19(17)3)31(47)40-21-10-8-18(2)24(14-21)28-23-11-12-27(46)44(29-25(35)5-4-6-26(29)36)30(23)43-33(42-28)41-22(15-45)16-49-32(48)34(37,38)39/h4-14,22,45H,15-16H2,1-3H3,(H,40,47)(H,41,42,43). The summed E-state index contributed by atoms with van der Waals surface area (Å²) in [5, 5.41) is 15.4. The fraction of sp³-hybridized carbons (Fsp3) is 0.206. The number of nitrogens with zero attached hydrogens (tertiary/aromatic N) is 3. The number of hydrogen-bond donors (Lipinski definition) is 3. The molecule has 0 bridgehead atoms. The van der Waals surface area contributed by atoms with Crippen molar-refractivity contribution in [2.75, 3.05) is 23.8 Å². The van der Waals surface area contributed by atoms with E-state index in [1.54, 1.807) is 37.3 Å². The fourth-order valence-electron chi connectivity index (χ4n) is 4.93. The molecule has 0 saturated heterocycles. The molecule has 1 unspecified atom stereocenters. The highest BCUT2D eigenvalue weighted by molar-refractivity contribution is 6.05. The third kappa shape index (κ3) is 7.41. The molecule has 2 aromatic heterocycles. The summed E-state index contributed by atoms with van der Waals surface area (Å²) >= 11 is 0. The molecule has 0 aliphatic heterocycles. The molecule has 254 valence electrons. The van der Waals surface area contributed by atoms with Crippen molar-refractivity contribution < 1.29 is 41.4 Å². The number of aromatic nitrogens is 3. The topological polar surface area (TPSA) is 135 Å². The van der Waals surface area contributed by atoms with Gasteiger partial charge in [-0.15, -0.1) is 0 Å². The van der Waals surface area contributed by atoms with Crippen molar-refractivity contribution in [1.82, 2.24) is 14.5 Å². The molecule has 1 atom stereocenters. The Morgan fingerprint density at radius 3 is 2.27 bits per heavy atom. The molecule has 0 aliphatic rings. The van der Waals surface area contributed by atoms with Gasteiger partial charge >= 0.3 is 12.1 Å². The molecule has 5 aromatic rings. The summed E-state index contributed by atoms with van der Waals surface area (Å²) in [6, 6.07) is 14.1. The van der Waals surface area contributed by atoms with Gasteiger partial charge in [-0.25, -0.2) is 18.6 Å². The Kier molecular flexibility index (Phi) is 9.75. The Bertz CT molecular complexity index is 2130. The number of rotatable bonds is 9. The number of anilines is 2. The Balaban J connectivity index is 1.66. The molecule has 0 radical (unpaired) electrons. The van der Waals surface area contributed by atoms with Crippen LogP contribution in [-0.2, 0) is 9.53 Å². The van der Waals surface area contributed by atoms with Gasteiger partial charge in [0.25, 0.3) is 11.5 Å². The van der Waals surface area contributed by atoms with Gasteiger partial charge in [-0.1, -0.05) is 18.2 Å². The number of hydrogen-bond acceptors (Lipinski definition) is 8. The van der Waals surface area contributed by atoms with E-state index >= 15 is 8.78 Å². The maximum Gasteiger partial charge on any atom is 0.490 e. The summed E-state index contributed by atoms with van der Waals surface area (Å²) in [5.41, 5.74) is 1.78. The minimum absolute atomic E-state index is 0.0850. The maximum absolute atomic E-state index is 15.1. The number of aliphatic hydroxyl groups excluding tert-OH is 1. The zero-order chi connectivity index (χ0) is 35.6. The molecule has 3 aromatic carbocycles. The Hall–Kier alpha value is -5.70. The van der Waals surface area contributed by atoms with Gasteiger partial charge in [0.2, 0.25) is 5.95 Å². The molecule has 15 heteroatoms. The SMILES string of the molecule is Cc1ccc(C(=O)Nc2ccc(C)c(-c3nc(NC(CO)COC(=O)C(F)(F)F)nc4c3ccc(=O)n4-c3c(F)cccc3F)c2)cc1C. The first kappa shape index (κ1) is 34.6. The van der Waals surface area contributed by atoms with Crippen molar-refractivity contribution in [2.45, 2.75) is 33.0 Å². The molecule has 5 rings (SSSR count). The van der Waals surface area contributed by atoms with Gasteiger partial charge in [0.05, 0.1) is 18.3 Å². The van der Waals surface area contributed by atoms with Crippen LogP contribution < -0.4 is 16.2 Å². The molecule has 0 aliphatic carbocycles. The number of esters is 1. The number of nitrogens with one attached hydrogen (secondary N) is 2. The van der Waals surface area contributed by atoms with Crippen LogP contribution >= 0.6 is 0 Å². The second-order valence-corrected chi connectivity index (χ2v) is 11.1. The van der Waals surface area contributed by atoms with Crippen LogP contribution in [0.5, 0.6) is 0 Å². The lowest BCUT2D eigenvalue weighted by Gasteiger charge is -2.20. The number of aryl methyl sites for hydroxylation is 3. The van der Waals surface area contributed by atoms with Crippen molar-refractivity contribution in [1.29, 1.82) is 0 Å². The quantitative estimate of drug-likeness (QED) is 0.132. The van der Waals surface area contributed by atoms with Crippen LogP contribution in [0.3, 0.4) is 0 Å². The molecule has 10 nitrogen and oxygen atoms in total. The number of amides is 1. The van der Waals surface area contributed by atoms with Crippen molar-refractivity contribution in [3.05, 3.63) is 111 Å². The minimum Gasteiger partial charge on any atom is -0.457 e. The average molecular weight is 682 g/mol. The zero-order valence-corrected chi connectivity index (χ0v) is 26.2. The number of halogens is 5. The molecule has 0 spiro atoms. The van der Waals surface area contributed by atoms with E-state index in [1.165, 1.54) is 6.07 Å². The number of benzene rings is 3. The second-order valence-electron chi connectivity index (χ2n) is 11.1. The Morgan fingerprint density at radius 1 is 0.918 bits per heavy atom. The van der Waals surface area contributed by atoms with Gasteiger partial charge in [0.1, 0.15) is 23.9 Å². The van der Waals surface area contributed by atoms with Crippen LogP contribution in [0.2, 0.25) is 0 Å². The van der Waals surface area contributed by atoms with Gasteiger partial charge in [0, 0.05) is 28.3 Å². The Morgan fingerprint density at radius 2 is 1.61 bits per heavy atom. The number of carbonyl (C=O) groups is 2. The van der Waals surface area contributed by atoms with E-state index in [2.05, 4.69) is 25.3 Å². The van der Waals surface area contributed by atoms with E-state index < -0.39 is 66.1 Å². The molecular formula is C34H28F5N5O5. The smallest absolute Gasteiger partial charge is 0.457 e. The normalized spacial score (nSPS) is 12.1. The van der Waals surface area contributed by atoms with Crippen molar-refractivity contribution >= 4 is 34.5 Å². The number of pyridine rings is 1. The van der Waals surface area contributed by atoms with Gasteiger partial charge in [0.15, 0.2) is 5.65 Å². The molecule has 1 amide bonds. The van der Waals surface area contributed by atoms with Crippen molar-refractivity contribution in [3.63, 3.8) is 0 Å². The van der Waals surface area contributed by atoms with Crippen molar-refractivity contribution in [2.24, 2.45) is 0 Å². The minimum atomic E-state index is -5.29. The number of para-hydroxylation sites is 1. The van der Waals surface area contributed by atoms with Gasteiger partial charge in [-0.05, 0) is 79.9 Å². The van der Waals surface area contributed by atoms with E-state index in [1.807, 2.05) is 19.9 Å². The summed E-state index contributed by atoms with van der Waals surface area (Å²) in [4.78, 5) is 46.3. The highest BCUT2D eigenvalue weighted by Crippen LogP contribution is 2.33. The predicted octanol–water partition coefficient (Wildman–Crippen LogP) is 5.78. The summed E-state index contributed by atoms with van der Waals surface area (Å²) in [6.45, 7) is 3.68. The van der Waals surface area contributed by atoms with Gasteiger partial charge in [-0.2, -0.15) is 18.2 Å². The predicted molar refractivity (Wildman–Crippen MR) is 171 cm³/mol. The van der Waals surface area contributed by atoms with Crippen LogP contribution in [0.25, 0.3) is 28.0 Å². The van der Waals surface area contributed by atoms with E-state index in [4.69, 9.17) is 0 Å². The molecule has 2 heterocycles. The van der Waals surface area contributed by atoms with Crippen molar-refractivity contribution in [3.8, 4) is 16.9 Å². The number of carbonyl (C=O) groups excluding carboxylic acids is 2. The third-order valence-electron chi connectivity index (χ3n) is 7.63. The van der Waals surface area contributed by atoms with Crippen LogP contribution in [0, 0.1) is 32.4 Å². The van der Waals surface area contributed by atoms with Crippen LogP contribution in [0.15, 0.2) is 71.5 Å². The molecule has 49 heavy (non-hydrogen) atoms. The van der Waals surface area contributed by atoms with E-state index in [0.29, 0.717) is 26.9 Å². The molecule has 3 N–H and O–H groups in total. The Labute approximate surface area is 275 Å². The van der Waals surface area contributed by atoms with E-state index in [9.17, 15) is 32.7 Å². The molecule has 0 fully saturated rings. The maximum atomic E-state index is 15.1. The summed E-state index contributed by atoms with van der Waals surface area (Å²) in [7, 11) is 0. The lowest BCUT2D eigenvalue weighted by molar-refractivity contribution is -0.200. The lowest BCUT2D eigenvalue weighted by Crippen LogP contribution is -2.35. The first-order chi connectivity index (χ1) is 23.2. The van der Waals surface area contributed by atoms with Crippen LogP contribution in [0.1, 0.15) is 27.0 Å². The lowest BCUT2D eigenvalue weighted by atomic mass is 10.0. The summed E-state index contributed by atoms with van der Waals surface area (Å²) in [5.74, 6) is -5.49. The number of alkyl halides is 3.